The van der Waals surface area contributed by atoms with Gasteiger partial charge in [0.15, 0.2) is 0 Å². The van der Waals surface area contributed by atoms with Crippen LogP contribution in [0.3, 0.4) is 0 Å². The van der Waals surface area contributed by atoms with Gasteiger partial charge < -0.3 is 5.32 Å². The molecular weight excluding hydrogens is 281 g/mol. The van der Waals surface area contributed by atoms with E-state index in [1.807, 2.05) is 6.07 Å². The molecule has 0 radical (unpaired) electrons. The molecule has 0 unspecified atom stereocenters. The Morgan fingerprint density at radius 2 is 2.00 bits per heavy atom. The van der Waals surface area contributed by atoms with E-state index in [0.717, 1.165) is 23.0 Å². The molecule has 0 aliphatic carbocycles. The summed E-state index contributed by atoms with van der Waals surface area (Å²) in [5, 5.41) is 3.45. The molecule has 96 valence electrons. The third kappa shape index (κ3) is 5.17. The van der Waals surface area contributed by atoms with E-state index in [-0.39, 0.29) is 11.2 Å². The number of rotatable bonds is 5. The summed E-state index contributed by atoms with van der Waals surface area (Å²) in [6.45, 7) is 9.68. The molecule has 3 heteroatoms. The molecule has 1 rings (SSSR count). The van der Waals surface area contributed by atoms with Gasteiger partial charge in [0.05, 0.1) is 0 Å². The molecular formula is C14H21BrFN. The predicted molar refractivity (Wildman–Crippen MR) is 74.7 cm³/mol. The summed E-state index contributed by atoms with van der Waals surface area (Å²) in [5.74, 6) is -0.196. The molecule has 0 atom stereocenters. The van der Waals surface area contributed by atoms with Crippen LogP contribution in [0.15, 0.2) is 22.7 Å². The van der Waals surface area contributed by atoms with Crippen molar-refractivity contribution in [2.45, 2.75) is 40.2 Å². The minimum Gasteiger partial charge on any atom is -0.314 e. The van der Waals surface area contributed by atoms with Crippen LogP contribution < -0.4 is 5.32 Å². The maximum Gasteiger partial charge on any atom is 0.124 e. The van der Waals surface area contributed by atoms with E-state index in [4.69, 9.17) is 0 Å². The van der Waals surface area contributed by atoms with Crippen LogP contribution in [-0.4, -0.2) is 12.6 Å². The zero-order valence-corrected chi connectivity index (χ0v) is 12.6. The van der Waals surface area contributed by atoms with Crippen molar-refractivity contribution in [2.24, 2.45) is 5.41 Å². The summed E-state index contributed by atoms with van der Waals surface area (Å²) in [6.07, 6.45) is 0.924. The monoisotopic (exact) mass is 301 g/mol. The molecule has 0 saturated heterocycles. The molecule has 0 fully saturated rings. The van der Waals surface area contributed by atoms with Crippen LogP contribution >= 0.6 is 15.9 Å². The van der Waals surface area contributed by atoms with Gasteiger partial charge in [0.2, 0.25) is 0 Å². The van der Waals surface area contributed by atoms with Gasteiger partial charge in [-0.15, -0.1) is 0 Å². The van der Waals surface area contributed by atoms with Gasteiger partial charge in [-0.2, -0.15) is 0 Å². The highest BCUT2D eigenvalue weighted by atomic mass is 79.9. The van der Waals surface area contributed by atoms with Crippen LogP contribution in [0.5, 0.6) is 0 Å². The topological polar surface area (TPSA) is 12.0 Å². The van der Waals surface area contributed by atoms with Crippen LogP contribution in [0.1, 0.15) is 33.3 Å². The maximum atomic E-state index is 13.0. The fourth-order valence-corrected chi connectivity index (χ4v) is 2.21. The largest absolute Gasteiger partial charge is 0.314 e. The van der Waals surface area contributed by atoms with Crippen molar-refractivity contribution < 1.29 is 4.39 Å². The SMILES string of the molecule is CC(C)NCC(C)(C)Cc1ccc(F)cc1Br. The maximum absolute atomic E-state index is 13.0. The van der Waals surface area contributed by atoms with E-state index in [9.17, 15) is 4.39 Å². The van der Waals surface area contributed by atoms with Gasteiger partial charge in [-0.05, 0) is 29.5 Å². The quantitative estimate of drug-likeness (QED) is 0.861. The first-order valence-electron chi connectivity index (χ1n) is 5.97. The molecule has 0 heterocycles. The molecule has 1 nitrogen and oxygen atoms in total. The summed E-state index contributed by atoms with van der Waals surface area (Å²) in [6, 6.07) is 5.40. The molecule has 17 heavy (non-hydrogen) atoms. The molecule has 0 saturated carbocycles. The van der Waals surface area contributed by atoms with Crippen molar-refractivity contribution in [3.05, 3.63) is 34.1 Å². The number of hydrogen-bond donors (Lipinski definition) is 1. The van der Waals surface area contributed by atoms with Crippen molar-refractivity contribution in [1.29, 1.82) is 0 Å². The van der Waals surface area contributed by atoms with Crippen molar-refractivity contribution in [3.63, 3.8) is 0 Å². The summed E-state index contributed by atoms with van der Waals surface area (Å²) < 4.78 is 13.8. The second-order valence-electron chi connectivity index (χ2n) is 5.61. The van der Waals surface area contributed by atoms with Gasteiger partial charge in [-0.25, -0.2) is 4.39 Å². The van der Waals surface area contributed by atoms with Crippen LogP contribution in [0.2, 0.25) is 0 Å². The smallest absolute Gasteiger partial charge is 0.124 e. The first-order chi connectivity index (χ1) is 7.80. The van der Waals surface area contributed by atoms with Crippen molar-refractivity contribution in [1.82, 2.24) is 5.32 Å². The Kier molecular flexibility index (Phi) is 5.14. The van der Waals surface area contributed by atoms with Gasteiger partial charge in [0.25, 0.3) is 0 Å². The zero-order chi connectivity index (χ0) is 13.1. The van der Waals surface area contributed by atoms with Gasteiger partial charge in [-0.3, -0.25) is 0 Å². The fourth-order valence-electron chi connectivity index (χ4n) is 1.72. The van der Waals surface area contributed by atoms with Crippen molar-refractivity contribution in [2.75, 3.05) is 6.54 Å². The van der Waals surface area contributed by atoms with E-state index >= 15 is 0 Å². The number of benzene rings is 1. The van der Waals surface area contributed by atoms with E-state index in [2.05, 4.69) is 48.9 Å². The average Bonchev–Trinajstić information content (AvgIpc) is 2.20. The molecule has 1 N–H and O–H groups in total. The van der Waals surface area contributed by atoms with Gasteiger partial charge in [-0.1, -0.05) is 49.7 Å². The third-order valence-electron chi connectivity index (χ3n) is 2.67. The number of hydrogen-bond acceptors (Lipinski definition) is 1. The Labute approximate surface area is 112 Å². The second kappa shape index (κ2) is 5.96. The first-order valence-corrected chi connectivity index (χ1v) is 6.77. The second-order valence-corrected chi connectivity index (χ2v) is 6.47. The van der Waals surface area contributed by atoms with Crippen LogP contribution in [0.4, 0.5) is 4.39 Å². The standard InChI is InChI=1S/C14H21BrFN/c1-10(2)17-9-14(3,4)8-11-5-6-12(16)7-13(11)15/h5-7,10,17H,8-9H2,1-4H3. The lowest BCUT2D eigenvalue weighted by molar-refractivity contribution is 0.325. The number of nitrogens with one attached hydrogen (secondary N) is 1. The molecule has 1 aromatic rings. The van der Waals surface area contributed by atoms with Gasteiger partial charge >= 0.3 is 0 Å². The van der Waals surface area contributed by atoms with E-state index in [0.29, 0.717) is 6.04 Å². The minimum atomic E-state index is -0.196. The molecule has 0 amide bonds. The Morgan fingerprint density at radius 1 is 1.35 bits per heavy atom. The van der Waals surface area contributed by atoms with Crippen molar-refractivity contribution in [3.8, 4) is 0 Å². The Morgan fingerprint density at radius 3 is 2.53 bits per heavy atom. The molecule has 0 spiro atoms. The summed E-state index contributed by atoms with van der Waals surface area (Å²) in [4.78, 5) is 0. The van der Waals surface area contributed by atoms with Gasteiger partial charge in [0.1, 0.15) is 5.82 Å². The molecule has 1 aromatic carbocycles. The zero-order valence-electron chi connectivity index (χ0n) is 11.0. The van der Waals surface area contributed by atoms with Crippen LogP contribution in [-0.2, 0) is 6.42 Å². The Balaban J connectivity index is 2.68. The third-order valence-corrected chi connectivity index (χ3v) is 3.41. The lowest BCUT2D eigenvalue weighted by atomic mass is 9.85. The Bertz CT molecular complexity index is 374. The normalized spacial score (nSPS) is 12.2. The van der Waals surface area contributed by atoms with E-state index < -0.39 is 0 Å². The molecule has 0 aliphatic rings. The van der Waals surface area contributed by atoms with Crippen LogP contribution in [0, 0.1) is 11.2 Å². The molecule has 0 bridgehead atoms. The van der Waals surface area contributed by atoms with Crippen molar-refractivity contribution >= 4 is 15.9 Å². The Hall–Kier alpha value is -0.410. The number of halogens is 2. The average molecular weight is 302 g/mol. The summed E-state index contributed by atoms with van der Waals surface area (Å²) in [7, 11) is 0. The lowest BCUT2D eigenvalue weighted by Gasteiger charge is -2.27. The van der Waals surface area contributed by atoms with E-state index in [1.54, 1.807) is 0 Å². The first kappa shape index (κ1) is 14.7. The van der Waals surface area contributed by atoms with E-state index in [1.165, 1.54) is 12.1 Å². The lowest BCUT2D eigenvalue weighted by Crippen LogP contribution is -2.35. The fraction of sp³-hybridized carbons (Fsp3) is 0.571. The van der Waals surface area contributed by atoms with Gasteiger partial charge in [0, 0.05) is 17.1 Å². The minimum absolute atomic E-state index is 0.157. The summed E-state index contributed by atoms with van der Waals surface area (Å²) in [5.41, 5.74) is 1.31. The highest BCUT2D eigenvalue weighted by molar-refractivity contribution is 9.10. The van der Waals surface area contributed by atoms with Crippen LogP contribution in [0.25, 0.3) is 0 Å². The summed E-state index contributed by atoms with van der Waals surface area (Å²) >= 11 is 3.42. The molecule has 0 aliphatic heterocycles. The highest BCUT2D eigenvalue weighted by Crippen LogP contribution is 2.26. The molecule has 0 aromatic heterocycles. The predicted octanol–water partition coefficient (Wildman–Crippen LogP) is 4.15. The highest BCUT2D eigenvalue weighted by Gasteiger charge is 2.20.